The highest BCUT2D eigenvalue weighted by molar-refractivity contribution is 6.39. The van der Waals surface area contributed by atoms with E-state index in [-0.39, 0.29) is 29.4 Å². The molecule has 262 valence electrons. The number of carbonyl (C=O) groups is 2. The molecule has 0 radical (unpaired) electrons. The number of ether oxygens (including phenoxy) is 2. The molecule has 0 spiro atoms. The van der Waals surface area contributed by atoms with Crippen LogP contribution >= 0.6 is 23.2 Å². The van der Waals surface area contributed by atoms with Crippen LogP contribution < -0.4 is 20.9 Å². The molecule has 11 nitrogen and oxygen atoms in total. The second kappa shape index (κ2) is 14.8. The van der Waals surface area contributed by atoms with Gasteiger partial charge in [0.05, 0.1) is 41.6 Å². The number of fused-ring (bicyclic) bond motifs is 1. The number of nitrogens with zero attached hydrogens (tertiary/aromatic N) is 4. The number of methoxy groups -OCH3 is 2. The highest BCUT2D eigenvalue weighted by Gasteiger charge is 2.33. The van der Waals surface area contributed by atoms with Gasteiger partial charge in [-0.3, -0.25) is 23.7 Å². The maximum absolute atomic E-state index is 13.0. The third-order valence-electron chi connectivity index (χ3n) is 9.40. The highest BCUT2D eigenvalue weighted by atomic mass is 35.5. The number of likely N-dealkylation sites (tertiary alicyclic amines) is 1. The van der Waals surface area contributed by atoms with Gasteiger partial charge in [0.25, 0.3) is 5.56 Å². The van der Waals surface area contributed by atoms with Crippen molar-refractivity contribution < 1.29 is 19.1 Å². The third-order valence-corrected chi connectivity index (χ3v) is 10.2. The number of halogens is 2. The first-order valence-electron chi connectivity index (χ1n) is 16.7. The lowest BCUT2D eigenvalue weighted by Gasteiger charge is -2.36. The van der Waals surface area contributed by atoms with Crippen molar-refractivity contribution in [3.63, 3.8) is 0 Å². The van der Waals surface area contributed by atoms with Crippen molar-refractivity contribution in [2.45, 2.75) is 32.0 Å². The van der Waals surface area contributed by atoms with Gasteiger partial charge in [0.1, 0.15) is 5.65 Å². The molecule has 1 atom stereocenters. The van der Waals surface area contributed by atoms with E-state index in [4.69, 9.17) is 42.6 Å². The first kappa shape index (κ1) is 34.6. The molecule has 2 aromatic carbocycles. The number of hydrogen-bond acceptors (Lipinski definition) is 9. The molecule has 2 aliphatic rings. The Labute approximate surface area is 304 Å². The molecular weight excluding hydrogens is 691 g/mol. The summed E-state index contributed by atoms with van der Waals surface area (Å²) >= 11 is 14.2. The van der Waals surface area contributed by atoms with Gasteiger partial charge in [-0.25, -0.2) is 9.97 Å². The molecule has 0 saturated carbocycles. The number of pyridine rings is 2. The molecule has 1 amide bonds. The highest BCUT2D eigenvalue weighted by Crippen LogP contribution is 2.42. The van der Waals surface area contributed by atoms with Crippen LogP contribution in [-0.4, -0.2) is 71.0 Å². The van der Waals surface area contributed by atoms with Crippen LogP contribution in [0.25, 0.3) is 39.2 Å². The molecule has 13 heteroatoms. The van der Waals surface area contributed by atoms with Crippen molar-refractivity contribution >= 4 is 40.7 Å². The van der Waals surface area contributed by atoms with E-state index in [0.29, 0.717) is 72.1 Å². The smallest absolute Gasteiger partial charge is 0.311 e. The molecule has 2 N–H and O–H groups in total. The third kappa shape index (κ3) is 7.20. The summed E-state index contributed by atoms with van der Waals surface area (Å²) in [7, 11) is 2.98. The summed E-state index contributed by atoms with van der Waals surface area (Å²) in [6.45, 7) is 2.79. The van der Waals surface area contributed by atoms with Crippen LogP contribution in [-0.2, 0) is 27.4 Å². The van der Waals surface area contributed by atoms with Crippen LogP contribution in [0.4, 0.5) is 0 Å². The molecule has 0 aliphatic carbocycles. The summed E-state index contributed by atoms with van der Waals surface area (Å²) < 4.78 is 12.0. The number of amides is 1. The largest absolute Gasteiger partial charge is 0.481 e. The van der Waals surface area contributed by atoms with Gasteiger partial charge in [0.2, 0.25) is 11.8 Å². The molecule has 51 heavy (non-hydrogen) atoms. The Morgan fingerprint density at radius 3 is 2.37 bits per heavy atom. The van der Waals surface area contributed by atoms with Crippen molar-refractivity contribution in [2.75, 3.05) is 33.9 Å². The lowest BCUT2D eigenvalue weighted by molar-refractivity contribution is -0.151. The Balaban J connectivity index is 1.13. The maximum atomic E-state index is 13.0. The number of carbonyl (C=O) groups excluding carboxylic acids is 2. The first-order valence-corrected chi connectivity index (χ1v) is 17.4. The van der Waals surface area contributed by atoms with E-state index in [1.165, 1.54) is 17.6 Å². The summed E-state index contributed by atoms with van der Waals surface area (Å²) in [6, 6.07) is 20.7. The fourth-order valence-electron chi connectivity index (χ4n) is 6.69. The van der Waals surface area contributed by atoms with E-state index >= 15 is 0 Å². The van der Waals surface area contributed by atoms with Gasteiger partial charge in [-0.15, -0.1) is 0 Å². The molecule has 5 aromatic rings. The zero-order chi connectivity index (χ0) is 35.6. The number of nitrogens with one attached hydrogen (secondary N) is 2. The Bertz CT molecular complexity index is 2200. The minimum Gasteiger partial charge on any atom is -0.481 e. The van der Waals surface area contributed by atoms with Gasteiger partial charge in [-0.2, -0.15) is 0 Å². The lowest BCUT2D eigenvalue weighted by atomic mass is 9.97. The molecule has 2 aliphatic heterocycles. The number of benzene rings is 2. The van der Waals surface area contributed by atoms with Gasteiger partial charge >= 0.3 is 5.97 Å². The molecule has 0 unspecified atom stereocenters. The molecular formula is C38H36Cl2N6O5. The van der Waals surface area contributed by atoms with Gasteiger partial charge in [-0.1, -0.05) is 65.7 Å². The van der Waals surface area contributed by atoms with E-state index in [2.05, 4.69) is 15.5 Å². The fraction of sp³-hybridized carbons (Fsp3) is 0.289. The average Bonchev–Trinajstić information content (AvgIpc) is 3.54. The quantitative estimate of drug-likeness (QED) is 0.173. The monoisotopic (exact) mass is 726 g/mol. The normalized spacial score (nSPS) is 16.2. The van der Waals surface area contributed by atoms with E-state index < -0.39 is 0 Å². The molecule has 2 saturated heterocycles. The fourth-order valence-corrected chi connectivity index (χ4v) is 7.35. The Morgan fingerprint density at radius 1 is 0.941 bits per heavy atom. The zero-order valence-electron chi connectivity index (χ0n) is 28.1. The standard InChI is InChI=1S/C38H36Cl2N6O5/c1-50-37-23(17-41-18-25-10-12-33(47)43-25)9-11-31(44-37)30-8-4-7-29(36(30)40)28-6-3-5-27(35(28)39)22-13-14-46-32(15-22)42-26(16-34(46)48)21-45-19-24(20-45)38(49)51-2/h3-9,11,13-16,24-25,41H,10,12,17-21H2,1-2H3,(H,43,47)/t25-/m0/s1. The van der Waals surface area contributed by atoms with E-state index in [1.54, 1.807) is 13.3 Å². The van der Waals surface area contributed by atoms with Crippen LogP contribution in [0.3, 0.4) is 0 Å². The predicted molar refractivity (Wildman–Crippen MR) is 196 cm³/mol. The predicted octanol–water partition coefficient (Wildman–Crippen LogP) is 5.38. The Kier molecular flexibility index (Phi) is 10.1. The Hall–Kier alpha value is -4.81. The van der Waals surface area contributed by atoms with Crippen LogP contribution in [0, 0.1) is 5.92 Å². The van der Waals surface area contributed by atoms with Crippen LogP contribution in [0.2, 0.25) is 10.0 Å². The van der Waals surface area contributed by atoms with E-state index in [9.17, 15) is 14.4 Å². The zero-order valence-corrected chi connectivity index (χ0v) is 29.6. The van der Waals surface area contributed by atoms with Crippen molar-refractivity contribution in [3.8, 4) is 39.4 Å². The summed E-state index contributed by atoms with van der Waals surface area (Å²) in [5.74, 6) is 0.197. The summed E-state index contributed by atoms with van der Waals surface area (Å²) in [6.07, 6.45) is 3.08. The van der Waals surface area contributed by atoms with Gasteiger partial charge in [0, 0.05) is 85.3 Å². The van der Waals surface area contributed by atoms with E-state index in [0.717, 1.165) is 39.8 Å². The van der Waals surface area contributed by atoms with Gasteiger partial charge in [-0.05, 0) is 30.2 Å². The van der Waals surface area contributed by atoms with Crippen molar-refractivity contribution in [1.82, 2.24) is 29.9 Å². The summed E-state index contributed by atoms with van der Waals surface area (Å²) in [4.78, 5) is 47.9. The van der Waals surface area contributed by atoms with Crippen LogP contribution in [0.5, 0.6) is 5.88 Å². The summed E-state index contributed by atoms with van der Waals surface area (Å²) in [5.41, 5.74) is 6.22. The van der Waals surface area contributed by atoms with Crippen molar-refractivity contribution in [3.05, 3.63) is 105 Å². The maximum Gasteiger partial charge on any atom is 0.311 e. The molecule has 2 fully saturated rings. The molecule has 3 aromatic heterocycles. The molecule has 7 rings (SSSR count). The number of esters is 1. The molecule has 0 bridgehead atoms. The number of aromatic nitrogens is 3. The van der Waals surface area contributed by atoms with E-state index in [1.807, 2.05) is 60.7 Å². The topological polar surface area (TPSA) is 127 Å². The van der Waals surface area contributed by atoms with Crippen molar-refractivity contribution in [2.24, 2.45) is 5.92 Å². The van der Waals surface area contributed by atoms with Gasteiger partial charge in [0.15, 0.2) is 0 Å². The minimum atomic E-state index is -0.224. The van der Waals surface area contributed by atoms with Crippen molar-refractivity contribution in [1.29, 1.82) is 0 Å². The molecule has 5 heterocycles. The number of hydrogen-bond donors (Lipinski definition) is 2. The van der Waals surface area contributed by atoms with Crippen LogP contribution in [0.15, 0.2) is 77.7 Å². The van der Waals surface area contributed by atoms with Gasteiger partial charge < -0.3 is 20.1 Å². The Morgan fingerprint density at radius 2 is 1.67 bits per heavy atom. The SMILES string of the molecule is COC(=O)C1CN(Cc2cc(=O)n3ccc(-c4cccc(-c5cccc(-c6ccc(CNC[C@@H]7CCC(=O)N7)c(OC)n6)c5Cl)c4Cl)cc3n2)C1. The lowest BCUT2D eigenvalue weighted by Crippen LogP contribution is -2.50. The minimum absolute atomic E-state index is 0.0900. The first-order chi connectivity index (χ1) is 24.7. The average molecular weight is 728 g/mol. The second-order valence-corrected chi connectivity index (χ2v) is 13.5. The number of rotatable bonds is 11. The second-order valence-electron chi connectivity index (χ2n) is 12.8. The summed E-state index contributed by atoms with van der Waals surface area (Å²) in [5, 5.41) is 7.34. The van der Waals surface area contributed by atoms with Crippen LogP contribution in [0.1, 0.15) is 24.1 Å².